The van der Waals surface area contributed by atoms with E-state index in [0.29, 0.717) is 12.2 Å². The van der Waals surface area contributed by atoms with Crippen molar-refractivity contribution in [2.45, 2.75) is 0 Å². The van der Waals surface area contributed by atoms with Crippen molar-refractivity contribution >= 4 is 23.0 Å². The van der Waals surface area contributed by atoms with Crippen LogP contribution in [0.1, 0.15) is 0 Å². The van der Waals surface area contributed by atoms with Gasteiger partial charge in [-0.25, -0.2) is 0 Å². The van der Waals surface area contributed by atoms with E-state index in [-0.39, 0.29) is 24.6 Å². The summed E-state index contributed by atoms with van der Waals surface area (Å²) in [6, 6.07) is 4.14. The van der Waals surface area contributed by atoms with E-state index in [9.17, 15) is 14.9 Å². The predicted octanol–water partition coefficient (Wildman–Crippen LogP) is 0.0908. The Bertz CT molecular complexity index is 450. The van der Waals surface area contributed by atoms with Crippen LogP contribution in [0.2, 0.25) is 0 Å². The molecule has 98 valence electrons. The number of nitrogens with two attached hydrogens (primary N) is 2. The SMILES string of the molecule is NC(=O)COCCNc1ccc([N+](=O)[O-])cc1N. The fourth-order valence-electron chi connectivity index (χ4n) is 1.26. The summed E-state index contributed by atoms with van der Waals surface area (Å²) in [5.74, 6) is -0.537. The number of nitrogen functional groups attached to an aromatic ring is 1. The maximum absolute atomic E-state index is 10.5. The lowest BCUT2D eigenvalue weighted by Crippen LogP contribution is -2.20. The quantitative estimate of drug-likeness (QED) is 0.273. The van der Waals surface area contributed by atoms with Gasteiger partial charge in [0.2, 0.25) is 5.91 Å². The van der Waals surface area contributed by atoms with Crippen LogP contribution in [0.25, 0.3) is 0 Å². The predicted molar refractivity (Wildman–Crippen MR) is 66.0 cm³/mol. The molecule has 0 aliphatic carbocycles. The molecule has 0 aliphatic heterocycles. The highest BCUT2D eigenvalue weighted by atomic mass is 16.6. The first-order chi connectivity index (χ1) is 8.50. The molecule has 1 aromatic rings. The number of non-ortho nitro benzene ring substituents is 1. The molecule has 0 aliphatic rings. The van der Waals surface area contributed by atoms with Crippen LogP contribution in [-0.4, -0.2) is 30.6 Å². The van der Waals surface area contributed by atoms with Crippen molar-refractivity contribution in [2.75, 3.05) is 30.8 Å². The van der Waals surface area contributed by atoms with Crippen LogP contribution in [0.4, 0.5) is 17.1 Å². The highest BCUT2D eigenvalue weighted by Crippen LogP contribution is 2.23. The van der Waals surface area contributed by atoms with E-state index in [4.69, 9.17) is 16.2 Å². The average Bonchev–Trinajstić information content (AvgIpc) is 2.29. The monoisotopic (exact) mass is 254 g/mol. The smallest absolute Gasteiger partial charge is 0.271 e. The van der Waals surface area contributed by atoms with Gasteiger partial charge in [-0.15, -0.1) is 0 Å². The molecular formula is C10H14N4O4. The topological polar surface area (TPSA) is 134 Å². The zero-order chi connectivity index (χ0) is 13.5. The summed E-state index contributed by atoms with van der Waals surface area (Å²) in [7, 11) is 0. The van der Waals surface area contributed by atoms with Gasteiger partial charge in [0.05, 0.1) is 22.9 Å². The average molecular weight is 254 g/mol. The van der Waals surface area contributed by atoms with E-state index in [1.807, 2.05) is 0 Å². The molecule has 0 atom stereocenters. The molecule has 1 aromatic carbocycles. The number of benzene rings is 1. The number of amides is 1. The second-order valence-electron chi connectivity index (χ2n) is 3.47. The van der Waals surface area contributed by atoms with Gasteiger partial charge in [0, 0.05) is 18.7 Å². The Morgan fingerprint density at radius 1 is 1.50 bits per heavy atom. The molecule has 0 spiro atoms. The molecule has 0 bridgehead atoms. The van der Waals surface area contributed by atoms with Crippen LogP contribution in [-0.2, 0) is 9.53 Å². The molecule has 0 radical (unpaired) electrons. The number of carbonyl (C=O) groups excluding carboxylic acids is 1. The normalized spacial score (nSPS) is 10.0. The molecule has 0 unspecified atom stereocenters. The summed E-state index contributed by atoms with van der Waals surface area (Å²) < 4.78 is 4.93. The second-order valence-corrected chi connectivity index (χ2v) is 3.47. The first-order valence-corrected chi connectivity index (χ1v) is 5.14. The maximum atomic E-state index is 10.5. The molecule has 5 N–H and O–H groups in total. The molecule has 0 saturated heterocycles. The molecule has 18 heavy (non-hydrogen) atoms. The van der Waals surface area contributed by atoms with Crippen LogP contribution in [0.3, 0.4) is 0 Å². The number of carbonyl (C=O) groups is 1. The lowest BCUT2D eigenvalue weighted by molar-refractivity contribution is -0.384. The number of nitrogens with one attached hydrogen (secondary N) is 1. The van der Waals surface area contributed by atoms with Crippen molar-refractivity contribution in [2.24, 2.45) is 5.73 Å². The van der Waals surface area contributed by atoms with Gasteiger partial charge in [0.15, 0.2) is 0 Å². The van der Waals surface area contributed by atoms with Gasteiger partial charge in [-0.1, -0.05) is 0 Å². The van der Waals surface area contributed by atoms with Gasteiger partial charge < -0.3 is 21.5 Å². The number of ether oxygens (including phenoxy) is 1. The van der Waals surface area contributed by atoms with E-state index in [2.05, 4.69) is 5.32 Å². The Kier molecular flexibility index (Phi) is 4.88. The molecule has 1 rings (SSSR count). The first-order valence-electron chi connectivity index (χ1n) is 5.14. The third kappa shape index (κ3) is 4.26. The number of primary amides is 1. The Morgan fingerprint density at radius 2 is 2.22 bits per heavy atom. The number of nitro benzene ring substituents is 1. The lowest BCUT2D eigenvalue weighted by atomic mass is 10.2. The van der Waals surface area contributed by atoms with Crippen molar-refractivity contribution in [3.05, 3.63) is 28.3 Å². The van der Waals surface area contributed by atoms with Gasteiger partial charge in [0.25, 0.3) is 5.69 Å². The summed E-state index contributed by atoms with van der Waals surface area (Å²) in [5.41, 5.74) is 11.3. The van der Waals surface area contributed by atoms with Gasteiger partial charge in [-0.2, -0.15) is 0 Å². The molecule has 0 aromatic heterocycles. The lowest BCUT2D eigenvalue weighted by Gasteiger charge is -2.08. The highest BCUT2D eigenvalue weighted by Gasteiger charge is 2.08. The molecule has 0 heterocycles. The number of nitrogens with zero attached hydrogens (tertiary/aromatic N) is 1. The van der Waals surface area contributed by atoms with Crippen molar-refractivity contribution in [1.82, 2.24) is 0 Å². The maximum Gasteiger partial charge on any atom is 0.271 e. The van der Waals surface area contributed by atoms with Gasteiger partial charge in [0.1, 0.15) is 6.61 Å². The van der Waals surface area contributed by atoms with Crippen molar-refractivity contribution < 1.29 is 14.5 Å². The zero-order valence-corrected chi connectivity index (χ0v) is 9.59. The minimum Gasteiger partial charge on any atom is -0.397 e. The fraction of sp³-hybridized carbons (Fsp3) is 0.300. The van der Waals surface area contributed by atoms with E-state index >= 15 is 0 Å². The standard InChI is InChI=1S/C10H14N4O4/c11-8-5-7(14(16)17)1-2-9(8)13-3-4-18-6-10(12)15/h1-2,5,13H,3-4,6,11H2,(H2,12,15). The van der Waals surface area contributed by atoms with E-state index in [1.54, 1.807) is 0 Å². The second kappa shape index (κ2) is 6.40. The number of anilines is 2. The Morgan fingerprint density at radius 3 is 2.78 bits per heavy atom. The van der Waals surface area contributed by atoms with Crippen LogP contribution in [0.15, 0.2) is 18.2 Å². The molecule has 1 amide bonds. The van der Waals surface area contributed by atoms with Gasteiger partial charge in [-0.05, 0) is 6.07 Å². The molecule has 0 fully saturated rings. The van der Waals surface area contributed by atoms with Crippen LogP contribution in [0.5, 0.6) is 0 Å². The minimum atomic E-state index is -0.537. The summed E-state index contributed by atoms with van der Waals surface area (Å²) >= 11 is 0. The molecule has 0 saturated carbocycles. The fourth-order valence-corrected chi connectivity index (χ4v) is 1.26. The summed E-state index contributed by atoms with van der Waals surface area (Å²) in [6.07, 6.45) is 0. The Hall–Kier alpha value is -2.35. The van der Waals surface area contributed by atoms with Crippen LogP contribution >= 0.6 is 0 Å². The van der Waals surface area contributed by atoms with Gasteiger partial charge in [-0.3, -0.25) is 14.9 Å². The molecular weight excluding hydrogens is 240 g/mol. The van der Waals surface area contributed by atoms with Gasteiger partial charge >= 0.3 is 0 Å². The van der Waals surface area contributed by atoms with Crippen molar-refractivity contribution in [3.63, 3.8) is 0 Å². The third-order valence-corrected chi connectivity index (χ3v) is 2.05. The highest BCUT2D eigenvalue weighted by molar-refractivity contribution is 5.75. The largest absolute Gasteiger partial charge is 0.397 e. The van der Waals surface area contributed by atoms with Crippen molar-refractivity contribution in [3.8, 4) is 0 Å². The Balaban J connectivity index is 2.43. The summed E-state index contributed by atoms with van der Waals surface area (Å²) in [4.78, 5) is 20.4. The van der Waals surface area contributed by atoms with E-state index < -0.39 is 10.8 Å². The summed E-state index contributed by atoms with van der Waals surface area (Å²) in [6.45, 7) is 0.548. The molecule has 8 heteroatoms. The molecule has 8 nitrogen and oxygen atoms in total. The minimum absolute atomic E-state index is 0.0666. The zero-order valence-electron chi connectivity index (χ0n) is 9.59. The number of nitro groups is 1. The van der Waals surface area contributed by atoms with Crippen LogP contribution in [0, 0.1) is 10.1 Å². The third-order valence-electron chi connectivity index (χ3n) is 2.05. The number of hydrogen-bond acceptors (Lipinski definition) is 6. The van der Waals surface area contributed by atoms with E-state index in [1.165, 1.54) is 18.2 Å². The number of rotatable bonds is 7. The first kappa shape index (κ1) is 13.7. The van der Waals surface area contributed by atoms with Crippen LogP contribution < -0.4 is 16.8 Å². The van der Waals surface area contributed by atoms with Crippen molar-refractivity contribution in [1.29, 1.82) is 0 Å². The number of hydrogen-bond donors (Lipinski definition) is 3. The Labute approximate surface area is 103 Å². The van der Waals surface area contributed by atoms with E-state index in [0.717, 1.165) is 0 Å². The summed E-state index contributed by atoms with van der Waals surface area (Å²) in [5, 5.41) is 13.4.